The first-order chi connectivity index (χ1) is 9.22. The molecule has 0 radical (unpaired) electrons. The van der Waals surface area contributed by atoms with Crippen LogP contribution in [0.2, 0.25) is 0 Å². The van der Waals surface area contributed by atoms with E-state index in [1.807, 2.05) is 28.8 Å². The summed E-state index contributed by atoms with van der Waals surface area (Å²) in [5.41, 5.74) is 7.68. The molecule has 1 aliphatic rings. The van der Waals surface area contributed by atoms with Crippen LogP contribution in [0.5, 0.6) is 0 Å². The summed E-state index contributed by atoms with van der Waals surface area (Å²) in [4.78, 5) is 6.96. The molecule has 19 heavy (non-hydrogen) atoms. The van der Waals surface area contributed by atoms with Gasteiger partial charge in [0, 0.05) is 31.4 Å². The first kappa shape index (κ1) is 12.2. The average molecular weight is 257 g/mol. The fourth-order valence-electron chi connectivity index (χ4n) is 2.75. The third-order valence-electron chi connectivity index (χ3n) is 3.74. The van der Waals surface area contributed by atoms with Crippen molar-refractivity contribution in [2.24, 2.45) is 11.7 Å². The first-order valence-corrected chi connectivity index (χ1v) is 6.71. The summed E-state index contributed by atoms with van der Waals surface area (Å²) in [5.74, 6) is 0.533. The normalized spacial score (nSPS) is 20.7. The highest BCUT2D eigenvalue weighted by atomic mass is 15.2. The van der Waals surface area contributed by atoms with Gasteiger partial charge in [0.25, 0.3) is 0 Å². The monoisotopic (exact) mass is 257 g/mol. The molecule has 100 valence electrons. The van der Waals surface area contributed by atoms with Crippen molar-refractivity contribution < 1.29 is 0 Å². The second-order valence-electron chi connectivity index (χ2n) is 5.23. The van der Waals surface area contributed by atoms with Crippen LogP contribution in [0.4, 0.5) is 0 Å². The Morgan fingerprint density at radius 1 is 1.47 bits per heavy atom. The van der Waals surface area contributed by atoms with Crippen molar-refractivity contribution in [1.82, 2.24) is 14.3 Å². The van der Waals surface area contributed by atoms with Gasteiger partial charge in [0.05, 0.1) is 11.5 Å². The van der Waals surface area contributed by atoms with Crippen LogP contribution in [0.3, 0.4) is 0 Å². The molecule has 3 N–H and O–H groups in total. The quantitative estimate of drug-likeness (QED) is 0.646. The third kappa shape index (κ3) is 2.61. The Kier molecular flexibility index (Phi) is 3.21. The Hall–Kier alpha value is -1.88. The number of rotatable bonds is 3. The molecule has 3 heterocycles. The van der Waals surface area contributed by atoms with E-state index in [0.717, 1.165) is 43.8 Å². The molecular weight excluding hydrogens is 238 g/mol. The second-order valence-corrected chi connectivity index (χ2v) is 5.23. The maximum atomic E-state index is 7.58. The van der Waals surface area contributed by atoms with Crippen LogP contribution in [0.25, 0.3) is 5.65 Å². The van der Waals surface area contributed by atoms with Crippen molar-refractivity contribution in [2.75, 3.05) is 13.1 Å². The van der Waals surface area contributed by atoms with Crippen molar-refractivity contribution >= 4 is 11.5 Å². The van der Waals surface area contributed by atoms with Crippen LogP contribution in [0, 0.1) is 11.3 Å². The zero-order valence-electron chi connectivity index (χ0n) is 10.9. The number of imidazole rings is 1. The molecule has 1 unspecified atom stereocenters. The van der Waals surface area contributed by atoms with E-state index in [0.29, 0.717) is 5.84 Å². The molecule has 0 bridgehead atoms. The number of pyridine rings is 1. The minimum absolute atomic E-state index is 0.214. The summed E-state index contributed by atoms with van der Waals surface area (Å²) >= 11 is 0. The minimum Gasteiger partial charge on any atom is -0.387 e. The molecule has 2 aromatic rings. The molecule has 5 heteroatoms. The highest BCUT2D eigenvalue weighted by Gasteiger charge is 2.22. The highest BCUT2D eigenvalue weighted by molar-refractivity contribution is 5.79. The predicted molar refractivity (Wildman–Crippen MR) is 75.1 cm³/mol. The zero-order chi connectivity index (χ0) is 13.2. The van der Waals surface area contributed by atoms with Crippen LogP contribution < -0.4 is 5.73 Å². The lowest BCUT2D eigenvalue weighted by molar-refractivity contribution is 0.194. The largest absolute Gasteiger partial charge is 0.387 e. The summed E-state index contributed by atoms with van der Waals surface area (Å²) in [6.07, 6.45) is 6.24. The number of nitrogens with zero attached hydrogens (tertiary/aromatic N) is 3. The van der Waals surface area contributed by atoms with Crippen molar-refractivity contribution in [3.63, 3.8) is 0 Å². The molecule has 0 aliphatic carbocycles. The molecule has 1 aliphatic heterocycles. The smallest absolute Gasteiger partial charge is 0.137 e. The SMILES string of the molecule is N=C(N)C1CCCN(Cc2cn3ccccc3n2)C1. The van der Waals surface area contributed by atoms with Gasteiger partial charge in [-0.25, -0.2) is 4.98 Å². The average Bonchev–Trinajstić information content (AvgIpc) is 2.81. The Labute approximate surface area is 112 Å². The predicted octanol–water partition coefficient (Wildman–Crippen LogP) is 1.48. The van der Waals surface area contributed by atoms with Gasteiger partial charge in [0.2, 0.25) is 0 Å². The molecule has 2 aromatic heterocycles. The number of hydrogen-bond acceptors (Lipinski definition) is 3. The van der Waals surface area contributed by atoms with E-state index < -0.39 is 0 Å². The van der Waals surface area contributed by atoms with Gasteiger partial charge in [-0.05, 0) is 31.5 Å². The molecule has 0 aromatic carbocycles. The second kappa shape index (κ2) is 5.01. The molecule has 0 spiro atoms. The number of fused-ring (bicyclic) bond motifs is 1. The van der Waals surface area contributed by atoms with E-state index in [9.17, 15) is 0 Å². The molecule has 3 rings (SSSR count). The van der Waals surface area contributed by atoms with Gasteiger partial charge >= 0.3 is 0 Å². The molecule has 1 saturated heterocycles. The van der Waals surface area contributed by atoms with Gasteiger partial charge in [-0.2, -0.15) is 0 Å². The Morgan fingerprint density at radius 2 is 2.37 bits per heavy atom. The van der Waals surface area contributed by atoms with Gasteiger partial charge in [0.1, 0.15) is 5.65 Å². The number of likely N-dealkylation sites (tertiary alicyclic amines) is 1. The number of piperidine rings is 1. The molecule has 1 atom stereocenters. The lowest BCUT2D eigenvalue weighted by Crippen LogP contribution is -2.40. The highest BCUT2D eigenvalue weighted by Crippen LogP contribution is 2.18. The maximum absolute atomic E-state index is 7.58. The summed E-state index contributed by atoms with van der Waals surface area (Å²) in [6.45, 7) is 2.78. The van der Waals surface area contributed by atoms with E-state index in [-0.39, 0.29) is 5.92 Å². The lowest BCUT2D eigenvalue weighted by Gasteiger charge is -2.31. The van der Waals surface area contributed by atoms with Gasteiger partial charge in [-0.3, -0.25) is 10.3 Å². The van der Waals surface area contributed by atoms with Crippen LogP contribution >= 0.6 is 0 Å². The molecule has 0 amide bonds. The zero-order valence-corrected chi connectivity index (χ0v) is 10.9. The Morgan fingerprint density at radius 3 is 3.16 bits per heavy atom. The fraction of sp³-hybridized carbons (Fsp3) is 0.429. The van der Waals surface area contributed by atoms with Crippen molar-refractivity contribution in [3.8, 4) is 0 Å². The van der Waals surface area contributed by atoms with Gasteiger partial charge in [0.15, 0.2) is 0 Å². The third-order valence-corrected chi connectivity index (χ3v) is 3.74. The van der Waals surface area contributed by atoms with Crippen molar-refractivity contribution in [1.29, 1.82) is 5.41 Å². The molecular formula is C14H19N5. The van der Waals surface area contributed by atoms with Crippen LogP contribution in [-0.2, 0) is 6.54 Å². The minimum atomic E-state index is 0.214. The maximum Gasteiger partial charge on any atom is 0.137 e. The number of nitrogens with one attached hydrogen (secondary N) is 1. The van der Waals surface area contributed by atoms with Crippen molar-refractivity contribution in [2.45, 2.75) is 19.4 Å². The van der Waals surface area contributed by atoms with Crippen LogP contribution in [-0.4, -0.2) is 33.2 Å². The molecule has 0 saturated carbocycles. The summed E-state index contributed by atoms with van der Waals surface area (Å²) in [6, 6.07) is 6.02. The fourth-order valence-corrected chi connectivity index (χ4v) is 2.75. The van der Waals surface area contributed by atoms with E-state index in [1.54, 1.807) is 0 Å². The topological polar surface area (TPSA) is 70.4 Å². The van der Waals surface area contributed by atoms with E-state index in [2.05, 4.69) is 16.1 Å². The first-order valence-electron chi connectivity index (χ1n) is 6.71. The van der Waals surface area contributed by atoms with Crippen LogP contribution in [0.15, 0.2) is 30.6 Å². The standard InChI is InChI=1S/C14H19N5/c15-14(16)11-4-3-6-18(8-11)9-12-10-19-7-2-1-5-13(19)17-12/h1-2,5,7,10-11H,3-4,6,8-9H2,(H3,15,16). The number of nitrogens with two attached hydrogens (primary N) is 1. The Balaban J connectivity index is 1.72. The summed E-state index contributed by atoms with van der Waals surface area (Å²) < 4.78 is 2.04. The van der Waals surface area contributed by atoms with Crippen molar-refractivity contribution in [3.05, 3.63) is 36.3 Å². The van der Waals surface area contributed by atoms with Crippen LogP contribution in [0.1, 0.15) is 18.5 Å². The van der Waals surface area contributed by atoms with Gasteiger partial charge in [-0.1, -0.05) is 6.07 Å². The summed E-state index contributed by atoms with van der Waals surface area (Å²) in [7, 11) is 0. The van der Waals surface area contributed by atoms with Gasteiger partial charge < -0.3 is 10.1 Å². The lowest BCUT2D eigenvalue weighted by atomic mass is 9.97. The number of aromatic nitrogens is 2. The molecule has 1 fully saturated rings. The van der Waals surface area contributed by atoms with E-state index >= 15 is 0 Å². The van der Waals surface area contributed by atoms with E-state index in [1.165, 1.54) is 0 Å². The number of amidine groups is 1. The molecule has 5 nitrogen and oxygen atoms in total. The summed E-state index contributed by atoms with van der Waals surface area (Å²) in [5, 5.41) is 7.58. The van der Waals surface area contributed by atoms with Gasteiger partial charge in [-0.15, -0.1) is 0 Å². The van der Waals surface area contributed by atoms with E-state index in [4.69, 9.17) is 11.1 Å². The number of hydrogen-bond donors (Lipinski definition) is 2. The Bertz CT molecular complexity index is 555.